The van der Waals surface area contributed by atoms with Crippen molar-refractivity contribution in [1.29, 1.82) is 0 Å². The number of phenolic OH excluding ortho intramolecular Hbond substituents is 1. The normalized spacial score (nSPS) is 14.1. The number of benzene rings is 2. The Labute approximate surface area is 249 Å². The van der Waals surface area contributed by atoms with Gasteiger partial charge in [0.25, 0.3) is 0 Å². The Morgan fingerprint density at radius 3 is 2.10 bits per heavy atom. The van der Waals surface area contributed by atoms with E-state index in [0.717, 1.165) is 16.5 Å². The summed E-state index contributed by atoms with van der Waals surface area (Å²) in [6, 6.07) is 9.44. The lowest BCUT2D eigenvalue weighted by atomic mass is 10.00. The molecule has 0 saturated heterocycles. The van der Waals surface area contributed by atoms with Gasteiger partial charge in [-0.25, -0.2) is 4.79 Å². The number of hydrogen-bond acceptors (Lipinski definition) is 7. The summed E-state index contributed by atoms with van der Waals surface area (Å²) in [6.07, 6.45) is 3.94. The predicted octanol–water partition coefficient (Wildman–Crippen LogP) is 1.93. The summed E-state index contributed by atoms with van der Waals surface area (Å²) in [5.41, 5.74) is 8.35. The van der Waals surface area contributed by atoms with Crippen molar-refractivity contribution in [3.05, 3.63) is 65.9 Å². The third-order valence-corrected chi connectivity index (χ3v) is 7.63. The van der Waals surface area contributed by atoms with Gasteiger partial charge in [0.15, 0.2) is 0 Å². The number of H-pyrrole nitrogens is 1. The molecule has 3 aromatic rings. The number of carboxylic acids is 1. The van der Waals surface area contributed by atoms with Crippen LogP contribution in [0.4, 0.5) is 0 Å². The van der Waals surface area contributed by atoms with Crippen LogP contribution in [0.3, 0.4) is 0 Å². The van der Waals surface area contributed by atoms with Gasteiger partial charge >= 0.3 is 5.97 Å². The maximum absolute atomic E-state index is 13.8. The van der Waals surface area contributed by atoms with Crippen molar-refractivity contribution in [3.8, 4) is 5.75 Å². The largest absolute Gasteiger partial charge is 0.508 e. The zero-order valence-corrected chi connectivity index (χ0v) is 24.7. The lowest BCUT2D eigenvalue weighted by molar-refractivity contribution is -0.142. The minimum atomic E-state index is -1.18. The molecule has 0 aliphatic rings. The fourth-order valence-corrected chi connectivity index (χ4v) is 4.89. The van der Waals surface area contributed by atoms with E-state index in [4.69, 9.17) is 5.73 Å². The molecule has 0 bridgehead atoms. The average Bonchev–Trinajstić information content (AvgIpc) is 3.37. The number of carbonyl (C=O) groups is 4. The second-order valence-electron chi connectivity index (χ2n) is 10.5. The summed E-state index contributed by atoms with van der Waals surface area (Å²) in [4.78, 5) is 55.1. The van der Waals surface area contributed by atoms with Crippen LogP contribution in [0.5, 0.6) is 5.75 Å². The van der Waals surface area contributed by atoms with Crippen LogP contribution in [0.15, 0.2) is 54.7 Å². The summed E-state index contributed by atoms with van der Waals surface area (Å²) in [5.74, 6) is -2.62. The predicted molar refractivity (Wildman–Crippen MR) is 163 cm³/mol. The van der Waals surface area contributed by atoms with Gasteiger partial charge < -0.3 is 36.9 Å². The number of carboxylic acid groups (broad SMARTS) is 1. The van der Waals surface area contributed by atoms with Crippen LogP contribution in [0.25, 0.3) is 10.9 Å². The van der Waals surface area contributed by atoms with Crippen molar-refractivity contribution in [1.82, 2.24) is 20.9 Å². The number of fused-ring (bicyclic) bond motifs is 1. The molecule has 3 rings (SSSR count). The van der Waals surface area contributed by atoms with Gasteiger partial charge in [-0.3, -0.25) is 14.4 Å². The Balaban J connectivity index is 1.90. The molecule has 4 unspecified atom stereocenters. The standard InChI is InChI=1S/C30H39N5O6S/c1-17(2)26(31)29(39)35-25(15-19-16-32-22-7-5-4-6-21(19)22)28(38)34-24(14-18-8-10-20(36)11-9-18)27(37)33-23(30(40)41)12-13-42-3/h4-11,16-17,23-26,32,36H,12-15,31H2,1-3H3,(H,33,37)(H,34,38)(H,35,39)(H,40,41). The molecular formula is C30H39N5O6S. The van der Waals surface area contributed by atoms with E-state index in [1.54, 1.807) is 32.2 Å². The molecule has 0 spiro atoms. The second-order valence-corrected chi connectivity index (χ2v) is 11.5. The third-order valence-electron chi connectivity index (χ3n) is 6.99. The molecule has 1 heterocycles. The van der Waals surface area contributed by atoms with Gasteiger partial charge in [-0.05, 0) is 53.7 Å². The first-order valence-corrected chi connectivity index (χ1v) is 15.1. The van der Waals surface area contributed by atoms with Crippen molar-refractivity contribution >= 4 is 46.4 Å². The smallest absolute Gasteiger partial charge is 0.326 e. The number of hydrogen-bond donors (Lipinski definition) is 7. The van der Waals surface area contributed by atoms with Crippen molar-refractivity contribution in [3.63, 3.8) is 0 Å². The molecule has 2 aromatic carbocycles. The quantitative estimate of drug-likeness (QED) is 0.138. The second kappa shape index (κ2) is 15.3. The molecule has 0 aliphatic carbocycles. The lowest BCUT2D eigenvalue weighted by Crippen LogP contribution is -2.58. The zero-order chi connectivity index (χ0) is 30.8. The maximum Gasteiger partial charge on any atom is 0.326 e. The first-order chi connectivity index (χ1) is 20.0. The van der Waals surface area contributed by atoms with E-state index in [1.165, 1.54) is 23.9 Å². The van der Waals surface area contributed by atoms with Gasteiger partial charge in [0, 0.05) is 29.9 Å². The topological polar surface area (TPSA) is 187 Å². The highest BCUT2D eigenvalue weighted by Gasteiger charge is 2.31. The SMILES string of the molecule is CSCCC(NC(=O)C(Cc1ccc(O)cc1)NC(=O)C(Cc1c[nH]c2ccccc12)NC(=O)C(N)C(C)C)C(=O)O. The minimum absolute atomic E-state index is 0.0198. The van der Waals surface area contributed by atoms with E-state index in [-0.39, 0.29) is 30.9 Å². The van der Waals surface area contributed by atoms with E-state index in [1.807, 2.05) is 30.5 Å². The van der Waals surface area contributed by atoms with E-state index in [2.05, 4.69) is 20.9 Å². The van der Waals surface area contributed by atoms with E-state index >= 15 is 0 Å². The van der Waals surface area contributed by atoms with Gasteiger partial charge in [0.05, 0.1) is 6.04 Å². The first kappa shape index (κ1) is 32.5. The van der Waals surface area contributed by atoms with Crippen LogP contribution in [0, 0.1) is 5.92 Å². The zero-order valence-electron chi connectivity index (χ0n) is 23.9. The third kappa shape index (κ3) is 8.98. The minimum Gasteiger partial charge on any atom is -0.508 e. The molecule has 11 nitrogen and oxygen atoms in total. The number of rotatable bonds is 15. The van der Waals surface area contributed by atoms with Crippen molar-refractivity contribution in [2.24, 2.45) is 11.7 Å². The van der Waals surface area contributed by atoms with Crippen LogP contribution >= 0.6 is 11.8 Å². The molecule has 3 amide bonds. The average molecular weight is 598 g/mol. The van der Waals surface area contributed by atoms with Crippen LogP contribution in [0.1, 0.15) is 31.4 Å². The van der Waals surface area contributed by atoms with E-state index in [9.17, 15) is 29.4 Å². The molecule has 1 aromatic heterocycles. The molecule has 4 atom stereocenters. The monoisotopic (exact) mass is 597 g/mol. The highest BCUT2D eigenvalue weighted by Crippen LogP contribution is 2.20. The van der Waals surface area contributed by atoms with Gasteiger partial charge in [0.2, 0.25) is 17.7 Å². The fourth-order valence-electron chi connectivity index (χ4n) is 4.42. The summed E-state index contributed by atoms with van der Waals surface area (Å²) in [5, 5.41) is 28.2. The molecule has 0 saturated carbocycles. The van der Waals surface area contributed by atoms with Crippen molar-refractivity contribution in [2.75, 3.05) is 12.0 Å². The number of nitrogens with one attached hydrogen (secondary N) is 4. The number of para-hydroxylation sites is 1. The molecule has 226 valence electrons. The maximum atomic E-state index is 13.8. The van der Waals surface area contributed by atoms with Crippen LogP contribution in [0.2, 0.25) is 0 Å². The molecule has 0 radical (unpaired) electrons. The summed E-state index contributed by atoms with van der Waals surface area (Å²) in [7, 11) is 0. The molecule has 0 aliphatic heterocycles. The molecule has 0 fully saturated rings. The number of nitrogens with two attached hydrogens (primary N) is 1. The van der Waals surface area contributed by atoms with E-state index in [0.29, 0.717) is 11.3 Å². The van der Waals surface area contributed by atoms with Gasteiger partial charge in [-0.2, -0.15) is 11.8 Å². The molecular weight excluding hydrogens is 558 g/mol. The highest BCUT2D eigenvalue weighted by atomic mass is 32.2. The van der Waals surface area contributed by atoms with Crippen molar-refractivity contribution in [2.45, 2.75) is 57.3 Å². The number of aromatic nitrogens is 1. The Morgan fingerprint density at radius 2 is 1.48 bits per heavy atom. The molecule has 8 N–H and O–H groups in total. The number of thioether (sulfide) groups is 1. The fraction of sp³-hybridized carbons (Fsp3) is 0.400. The highest BCUT2D eigenvalue weighted by molar-refractivity contribution is 7.98. The number of aromatic hydroxyl groups is 1. The number of phenols is 1. The number of amides is 3. The Morgan fingerprint density at radius 1 is 0.881 bits per heavy atom. The number of aromatic amines is 1. The summed E-state index contributed by atoms with van der Waals surface area (Å²) >= 11 is 1.45. The Hall–Kier alpha value is -4.03. The number of aliphatic carboxylic acids is 1. The van der Waals surface area contributed by atoms with Gasteiger partial charge in [-0.15, -0.1) is 0 Å². The van der Waals surface area contributed by atoms with Crippen LogP contribution in [-0.4, -0.2) is 75.1 Å². The Kier molecular flexibility index (Phi) is 11.8. The van der Waals surface area contributed by atoms with Gasteiger partial charge in [-0.1, -0.05) is 44.2 Å². The summed E-state index contributed by atoms with van der Waals surface area (Å²) < 4.78 is 0. The van der Waals surface area contributed by atoms with Crippen molar-refractivity contribution < 1.29 is 29.4 Å². The summed E-state index contributed by atoms with van der Waals surface area (Å²) in [6.45, 7) is 3.60. The van der Waals surface area contributed by atoms with E-state index < -0.39 is 47.9 Å². The first-order valence-electron chi connectivity index (χ1n) is 13.7. The Bertz CT molecular complexity index is 1380. The molecule has 12 heteroatoms. The van der Waals surface area contributed by atoms with Crippen LogP contribution in [-0.2, 0) is 32.0 Å². The number of carbonyl (C=O) groups excluding carboxylic acids is 3. The van der Waals surface area contributed by atoms with Crippen LogP contribution < -0.4 is 21.7 Å². The molecule has 42 heavy (non-hydrogen) atoms. The lowest BCUT2D eigenvalue weighted by Gasteiger charge is -2.26. The van der Waals surface area contributed by atoms with Gasteiger partial charge in [0.1, 0.15) is 23.9 Å².